The van der Waals surface area contributed by atoms with Crippen LogP contribution in [0.4, 0.5) is 13.2 Å². The van der Waals surface area contributed by atoms with Crippen LogP contribution in [0.15, 0.2) is 42.5 Å². The van der Waals surface area contributed by atoms with Gasteiger partial charge < -0.3 is 5.32 Å². The largest absolute Gasteiger partial charge is 0.416 e. The van der Waals surface area contributed by atoms with Crippen molar-refractivity contribution >= 4 is 5.91 Å². The van der Waals surface area contributed by atoms with Crippen LogP contribution in [0, 0.1) is 13.8 Å². The van der Waals surface area contributed by atoms with E-state index in [9.17, 15) is 18.0 Å². The summed E-state index contributed by atoms with van der Waals surface area (Å²) >= 11 is 0. The monoisotopic (exact) mass is 307 g/mol. The fourth-order valence-electron chi connectivity index (χ4n) is 2.02. The van der Waals surface area contributed by atoms with E-state index in [-0.39, 0.29) is 12.5 Å². The Kier molecular flexibility index (Phi) is 4.54. The van der Waals surface area contributed by atoms with Crippen LogP contribution in [0.3, 0.4) is 0 Å². The number of alkyl halides is 3. The van der Waals surface area contributed by atoms with Gasteiger partial charge in [-0.15, -0.1) is 0 Å². The van der Waals surface area contributed by atoms with E-state index in [1.54, 1.807) is 18.2 Å². The normalized spacial score (nSPS) is 11.3. The molecule has 0 saturated carbocycles. The minimum absolute atomic E-state index is 0.0513. The van der Waals surface area contributed by atoms with Gasteiger partial charge in [-0.2, -0.15) is 13.2 Å². The van der Waals surface area contributed by atoms with Crippen molar-refractivity contribution in [1.29, 1.82) is 0 Å². The summed E-state index contributed by atoms with van der Waals surface area (Å²) in [6, 6.07) is 10.2. The molecule has 2 nitrogen and oxygen atoms in total. The maximum absolute atomic E-state index is 12.6. The van der Waals surface area contributed by atoms with E-state index < -0.39 is 11.7 Å². The number of carbonyl (C=O) groups is 1. The van der Waals surface area contributed by atoms with E-state index in [0.29, 0.717) is 11.1 Å². The molecule has 0 aliphatic rings. The lowest BCUT2D eigenvalue weighted by Gasteiger charge is -2.10. The molecule has 1 N–H and O–H groups in total. The molecule has 0 radical (unpaired) electrons. The van der Waals surface area contributed by atoms with Crippen LogP contribution >= 0.6 is 0 Å². The zero-order valence-electron chi connectivity index (χ0n) is 12.3. The quantitative estimate of drug-likeness (QED) is 0.902. The summed E-state index contributed by atoms with van der Waals surface area (Å²) in [5.41, 5.74) is 2.26. The maximum atomic E-state index is 12.6. The number of nitrogens with one attached hydrogen (secondary N) is 1. The number of benzene rings is 2. The molecule has 5 heteroatoms. The molecule has 1 amide bonds. The number of carbonyl (C=O) groups excluding carboxylic acids is 1. The topological polar surface area (TPSA) is 29.1 Å². The van der Waals surface area contributed by atoms with Crippen LogP contribution in [0.5, 0.6) is 0 Å². The first-order valence-electron chi connectivity index (χ1n) is 6.79. The number of hydrogen-bond acceptors (Lipinski definition) is 1. The van der Waals surface area contributed by atoms with Gasteiger partial charge >= 0.3 is 6.18 Å². The Labute approximate surface area is 127 Å². The number of hydrogen-bond donors (Lipinski definition) is 1. The minimum atomic E-state index is -4.38. The molecule has 0 atom stereocenters. The highest BCUT2D eigenvalue weighted by Crippen LogP contribution is 2.29. The van der Waals surface area contributed by atoms with E-state index in [4.69, 9.17) is 0 Å². The van der Waals surface area contributed by atoms with Crippen molar-refractivity contribution in [2.24, 2.45) is 0 Å². The molecule has 0 saturated heterocycles. The molecule has 0 aliphatic heterocycles. The van der Waals surface area contributed by atoms with Crippen molar-refractivity contribution in [3.63, 3.8) is 0 Å². The van der Waals surface area contributed by atoms with Gasteiger partial charge in [-0.1, -0.05) is 18.2 Å². The molecule has 2 aromatic rings. The van der Waals surface area contributed by atoms with Gasteiger partial charge in [-0.25, -0.2) is 0 Å². The predicted molar refractivity (Wildman–Crippen MR) is 78.5 cm³/mol. The number of amides is 1. The molecule has 0 fully saturated rings. The highest BCUT2D eigenvalue weighted by Gasteiger charge is 2.30. The van der Waals surface area contributed by atoms with Crippen molar-refractivity contribution < 1.29 is 18.0 Å². The fraction of sp³-hybridized carbons (Fsp3) is 0.235. The third-order valence-corrected chi connectivity index (χ3v) is 3.48. The Morgan fingerprint density at radius 1 is 1.05 bits per heavy atom. The third-order valence-electron chi connectivity index (χ3n) is 3.48. The summed E-state index contributed by atoms with van der Waals surface area (Å²) in [5, 5.41) is 2.63. The van der Waals surface area contributed by atoms with Crippen LogP contribution < -0.4 is 5.32 Å². The predicted octanol–water partition coefficient (Wildman–Crippen LogP) is 4.25. The van der Waals surface area contributed by atoms with Crippen LogP contribution in [0.25, 0.3) is 0 Å². The van der Waals surface area contributed by atoms with Gasteiger partial charge in [0, 0.05) is 12.1 Å². The lowest BCUT2D eigenvalue weighted by molar-refractivity contribution is -0.137. The Hall–Kier alpha value is -2.30. The minimum Gasteiger partial charge on any atom is -0.348 e. The first-order chi connectivity index (χ1) is 10.3. The second-order valence-corrected chi connectivity index (χ2v) is 5.18. The van der Waals surface area contributed by atoms with Crippen molar-refractivity contribution in [3.8, 4) is 0 Å². The molecule has 0 bridgehead atoms. The van der Waals surface area contributed by atoms with E-state index in [1.807, 2.05) is 19.9 Å². The summed E-state index contributed by atoms with van der Waals surface area (Å²) < 4.78 is 37.9. The molecule has 0 heterocycles. The smallest absolute Gasteiger partial charge is 0.348 e. The molecule has 0 aromatic heterocycles. The summed E-state index contributed by atoms with van der Waals surface area (Å²) in [6.45, 7) is 3.90. The Morgan fingerprint density at radius 3 is 2.41 bits per heavy atom. The van der Waals surface area contributed by atoms with Gasteiger partial charge in [0.1, 0.15) is 0 Å². The second-order valence-electron chi connectivity index (χ2n) is 5.18. The molecule has 0 unspecified atom stereocenters. The molecule has 0 aliphatic carbocycles. The summed E-state index contributed by atoms with van der Waals surface area (Å²) in [6.07, 6.45) is -4.38. The second kappa shape index (κ2) is 6.22. The van der Waals surface area contributed by atoms with Crippen molar-refractivity contribution in [2.45, 2.75) is 26.6 Å². The highest BCUT2D eigenvalue weighted by molar-refractivity contribution is 5.94. The average molecular weight is 307 g/mol. The highest BCUT2D eigenvalue weighted by atomic mass is 19.4. The van der Waals surface area contributed by atoms with Gasteiger partial charge in [0.15, 0.2) is 0 Å². The van der Waals surface area contributed by atoms with Crippen LogP contribution in [0.2, 0.25) is 0 Å². The van der Waals surface area contributed by atoms with Crippen LogP contribution in [-0.2, 0) is 12.7 Å². The Morgan fingerprint density at radius 2 is 1.77 bits per heavy atom. The molecule has 2 aromatic carbocycles. The zero-order valence-corrected chi connectivity index (χ0v) is 12.3. The van der Waals surface area contributed by atoms with Crippen LogP contribution in [0.1, 0.15) is 32.6 Å². The van der Waals surface area contributed by atoms with Crippen molar-refractivity contribution in [2.75, 3.05) is 0 Å². The molecule has 116 valence electrons. The summed E-state index contributed by atoms with van der Waals surface area (Å²) in [7, 11) is 0. The molecular formula is C17H16F3NO. The van der Waals surface area contributed by atoms with Gasteiger partial charge in [0.2, 0.25) is 0 Å². The van der Waals surface area contributed by atoms with Gasteiger partial charge in [0.05, 0.1) is 5.56 Å². The number of halogens is 3. The third kappa shape index (κ3) is 3.87. The standard InChI is InChI=1S/C17H16F3NO/c1-11-6-7-14(8-12(11)2)16(22)21-10-13-4-3-5-15(9-13)17(18,19)20/h3-9H,10H2,1-2H3,(H,21,22). The zero-order chi connectivity index (χ0) is 16.3. The van der Waals surface area contributed by atoms with Gasteiger partial charge in [-0.05, 0) is 54.8 Å². The summed E-state index contributed by atoms with van der Waals surface area (Å²) in [5.74, 6) is -0.305. The Bertz CT molecular complexity index is 693. The maximum Gasteiger partial charge on any atom is 0.416 e. The number of aryl methyl sites for hydroxylation is 2. The molecule has 2 rings (SSSR count). The molecular weight excluding hydrogens is 291 g/mol. The lowest BCUT2D eigenvalue weighted by atomic mass is 10.1. The summed E-state index contributed by atoms with van der Waals surface area (Å²) in [4.78, 5) is 12.0. The first-order valence-corrected chi connectivity index (χ1v) is 6.79. The van der Waals surface area contributed by atoms with E-state index in [1.165, 1.54) is 6.07 Å². The van der Waals surface area contributed by atoms with Gasteiger partial charge in [0.25, 0.3) is 5.91 Å². The molecule has 22 heavy (non-hydrogen) atoms. The van der Waals surface area contributed by atoms with E-state index in [0.717, 1.165) is 23.3 Å². The SMILES string of the molecule is Cc1ccc(C(=O)NCc2cccc(C(F)(F)F)c2)cc1C. The molecule has 0 spiro atoms. The number of rotatable bonds is 3. The first kappa shape index (κ1) is 16.1. The van der Waals surface area contributed by atoms with Crippen molar-refractivity contribution in [3.05, 3.63) is 70.3 Å². The van der Waals surface area contributed by atoms with E-state index in [2.05, 4.69) is 5.32 Å². The van der Waals surface area contributed by atoms with Crippen molar-refractivity contribution in [1.82, 2.24) is 5.32 Å². The van der Waals surface area contributed by atoms with Crippen LogP contribution in [-0.4, -0.2) is 5.91 Å². The average Bonchev–Trinajstić information content (AvgIpc) is 2.47. The lowest BCUT2D eigenvalue weighted by Crippen LogP contribution is -2.23. The fourth-order valence-corrected chi connectivity index (χ4v) is 2.02. The van der Waals surface area contributed by atoms with E-state index >= 15 is 0 Å². The van der Waals surface area contributed by atoms with Gasteiger partial charge in [-0.3, -0.25) is 4.79 Å². The Balaban J connectivity index is 2.06.